The largest absolute Gasteiger partial charge is 0.322 e. The van der Waals surface area contributed by atoms with E-state index >= 15 is 0 Å². The number of benzene rings is 2. The van der Waals surface area contributed by atoms with Crippen molar-refractivity contribution in [1.82, 2.24) is 0 Å². The van der Waals surface area contributed by atoms with Crippen molar-refractivity contribution >= 4 is 23.0 Å². The van der Waals surface area contributed by atoms with E-state index in [4.69, 9.17) is 10.5 Å². The molecule has 0 bridgehead atoms. The number of rotatable bonds is 4. The standard InChI is InChI=1S/C18H15N5O/c1-12-5-3-8-17(13(12)2)21-18(24)14-6-4-7-15(9-14)22-23-16(10-19)11-20/h3-9,22H,1-2H3,(H,21,24). The van der Waals surface area contributed by atoms with Gasteiger partial charge in [-0.2, -0.15) is 15.6 Å². The lowest BCUT2D eigenvalue weighted by molar-refractivity contribution is 0.102. The highest BCUT2D eigenvalue weighted by Gasteiger charge is 2.09. The molecule has 2 N–H and O–H groups in total. The molecule has 0 atom stereocenters. The Kier molecular flexibility index (Phi) is 5.28. The Morgan fingerprint density at radius 3 is 2.50 bits per heavy atom. The topological polar surface area (TPSA) is 101 Å². The van der Waals surface area contributed by atoms with Crippen LogP contribution < -0.4 is 10.7 Å². The van der Waals surface area contributed by atoms with Crippen LogP contribution in [-0.2, 0) is 0 Å². The minimum atomic E-state index is -0.291. The molecule has 0 aliphatic rings. The summed E-state index contributed by atoms with van der Waals surface area (Å²) in [5, 5.41) is 23.8. The number of nitrogens with zero attached hydrogens (tertiary/aromatic N) is 3. The summed E-state index contributed by atoms with van der Waals surface area (Å²) < 4.78 is 0. The Morgan fingerprint density at radius 2 is 1.79 bits per heavy atom. The van der Waals surface area contributed by atoms with E-state index in [2.05, 4.69) is 15.8 Å². The van der Waals surface area contributed by atoms with Gasteiger partial charge in [0.2, 0.25) is 5.71 Å². The van der Waals surface area contributed by atoms with Gasteiger partial charge in [0.15, 0.2) is 0 Å². The van der Waals surface area contributed by atoms with Crippen molar-refractivity contribution in [3.05, 3.63) is 59.2 Å². The van der Waals surface area contributed by atoms with Crippen LogP contribution in [0.15, 0.2) is 47.6 Å². The van der Waals surface area contributed by atoms with Gasteiger partial charge in [0.25, 0.3) is 5.91 Å². The summed E-state index contributed by atoms with van der Waals surface area (Å²) in [5.41, 5.74) is 6.10. The zero-order valence-corrected chi connectivity index (χ0v) is 13.3. The zero-order valence-electron chi connectivity index (χ0n) is 13.3. The van der Waals surface area contributed by atoms with Gasteiger partial charge < -0.3 is 5.32 Å². The number of hydrogen-bond donors (Lipinski definition) is 2. The molecular weight excluding hydrogens is 302 g/mol. The number of hydrazone groups is 1. The van der Waals surface area contributed by atoms with Crippen molar-refractivity contribution in [2.24, 2.45) is 5.10 Å². The van der Waals surface area contributed by atoms with Crippen molar-refractivity contribution < 1.29 is 4.79 Å². The molecule has 0 aliphatic heterocycles. The van der Waals surface area contributed by atoms with Gasteiger partial charge in [0, 0.05) is 11.3 Å². The van der Waals surface area contributed by atoms with E-state index in [1.54, 1.807) is 36.4 Å². The van der Waals surface area contributed by atoms with Crippen LogP contribution in [0.4, 0.5) is 11.4 Å². The first kappa shape index (κ1) is 16.7. The van der Waals surface area contributed by atoms with Crippen LogP contribution in [0.5, 0.6) is 0 Å². The van der Waals surface area contributed by atoms with Gasteiger partial charge in [0.1, 0.15) is 12.1 Å². The highest BCUT2D eigenvalue weighted by molar-refractivity contribution is 6.10. The Hall–Kier alpha value is -3.64. The SMILES string of the molecule is Cc1cccc(NC(=O)c2cccc(NN=C(C#N)C#N)c2)c1C. The second-order valence-corrected chi connectivity index (χ2v) is 5.08. The van der Waals surface area contributed by atoms with Crippen molar-refractivity contribution in [3.63, 3.8) is 0 Å². The van der Waals surface area contributed by atoms with Crippen LogP contribution in [0.3, 0.4) is 0 Å². The normalized spacial score (nSPS) is 9.33. The molecule has 0 fully saturated rings. The van der Waals surface area contributed by atoms with Crippen LogP contribution >= 0.6 is 0 Å². The van der Waals surface area contributed by atoms with Crippen LogP contribution in [-0.4, -0.2) is 11.6 Å². The Labute approximate surface area is 140 Å². The monoisotopic (exact) mass is 317 g/mol. The second kappa shape index (κ2) is 7.57. The zero-order chi connectivity index (χ0) is 17.5. The Bertz CT molecular complexity index is 871. The second-order valence-electron chi connectivity index (χ2n) is 5.08. The minimum Gasteiger partial charge on any atom is -0.322 e. The number of aryl methyl sites for hydroxylation is 1. The first-order valence-electron chi connectivity index (χ1n) is 7.16. The fourth-order valence-electron chi connectivity index (χ4n) is 2.01. The molecule has 0 heterocycles. The lowest BCUT2D eigenvalue weighted by Gasteiger charge is -2.11. The number of carbonyl (C=O) groups excluding carboxylic acids is 1. The van der Waals surface area contributed by atoms with E-state index in [9.17, 15) is 4.79 Å². The lowest BCUT2D eigenvalue weighted by atomic mass is 10.1. The molecule has 2 rings (SSSR count). The van der Waals surface area contributed by atoms with Crippen molar-refractivity contribution in [2.75, 3.05) is 10.7 Å². The molecule has 0 saturated carbocycles. The Balaban J connectivity index is 2.18. The molecule has 6 nitrogen and oxygen atoms in total. The van der Waals surface area contributed by atoms with E-state index in [0.29, 0.717) is 11.3 Å². The van der Waals surface area contributed by atoms with Crippen molar-refractivity contribution in [3.8, 4) is 12.1 Å². The van der Waals surface area contributed by atoms with Gasteiger partial charge in [-0.05, 0) is 49.2 Å². The van der Waals surface area contributed by atoms with Crippen molar-refractivity contribution in [2.45, 2.75) is 13.8 Å². The molecule has 0 aliphatic carbocycles. The molecule has 6 heteroatoms. The maximum absolute atomic E-state index is 12.4. The van der Waals surface area contributed by atoms with E-state index in [0.717, 1.165) is 16.8 Å². The number of anilines is 2. The van der Waals surface area contributed by atoms with Crippen LogP contribution in [0.2, 0.25) is 0 Å². The molecule has 2 aromatic rings. The van der Waals surface area contributed by atoms with Gasteiger partial charge >= 0.3 is 0 Å². The quantitative estimate of drug-likeness (QED) is 0.666. The summed E-state index contributed by atoms with van der Waals surface area (Å²) in [6, 6.07) is 15.7. The number of hydrogen-bond acceptors (Lipinski definition) is 5. The third-order valence-electron chi connectivity index (χ3n) is 3.49. The van der Waals surface area contributed by atoms with Gasteiger partial charge in [-0.3, -0.25) is 10.2 Å². The smallest absolute Gasteiger partial charge is 0.255 e. The summed E-state index contributed by atoms with van der Waals surface area (Å²) in [4.78, 5) is 12.4. The van der Waals surface area contributed by atoms with E-state index < -0.39 is 0 Å². The fraction of sp³-hybridized carbons (Fsp3) is 0.111. The summed E-state index contributed by atoms with van der Waals surface area (Å²) in [6.45, 7) is 3.93. The number of nitrogens with one attached hydrogen (secondary N) is 2. The van der Waals surface area contributed by atoms with Crippen LogP contribution in [0.25, 0.3) is 0 Å². The van der Waals surface area contributed by atoms with E-state index in [-0.39, 0.29) is 11.6 Å². The molecule has 24 heavy (non-hydrogen) atoms. The average Bonchev–Trinajstić information content (AvgIpc) is 2.60. The maximum Gasteiger partial charge on any atom is 0.255 e. The van der Waals surface area contributed by atoms with Gasteiger partial charge in [-0.15, -0.1) is 0 Å². The highest BCUT2D eigenvalue weighted by atomic mass is 16.1. The lowest BCUT2D eigenvalue weighted by Crippen LogP contribution is -2.13. The fourth-order valence-corrected chi connectivity index (χ4v) is 2.01. The van der Waals surface area contributed by atoms with E-state index in [1.165, 1.54) is 0 Å². The number of nitriles is 2. The molecule has 0 spiro atoms. The first-order chi connectivity index (χ1) is 11.5. The summed E-state index contributed by atoms with van der Waals surface area (Å²) >= 11 is 0. The molecule has 0 saturated heterocycles. The third-order valence-corrected chi connectivity index (χ3v) is 3.49. The summed E-state index contributed by atoms with van der Waals surface area (Å²) in [7, 11) is 0. The molecular formula is C18H15N5O. The molecule has 0 aromatic heterocycles. The first-order valence-corrected chi connectivity index (χ1v) is 7.16. The van der Waals surface area contributed by atoms with E-state index in [1.807, 2.05) is 32.0 Å². The Morgan fingerprint density at radius 1 is 1.08 bits per heavy atom. The average molecular weight is 317 g/mol. The highest BCUT2D eigenvalue weighted by Crippen LogP contribution is 2.19. The van der Waals surface area contributed by atoms with Gasteiger partial charge in [0.05, 0.1) is 5.69 Å². The summed E-state index contributed by atoms with van der Waals surface area (Å²) in [6.07, 6.45) is 0. The predicted molar refractivity (Wildman–Crippen MR) is 92.6 cm³/mol. The molecule has 2 aromatic carbocycles. The number of carbonyl (C=O) groups is 1. The third kappa shape index (κ3) is 3.96. The van der Waals surface area contributed by atoms with Gasteiger partial charge in [-0.25, -0.2) is 0 Å². The van der Waals surface area contributed by atoms with Crippen LogP contribution in [0, 0.1) is 36.5 Å². The summed E-state index contributed by atoms with van der Waals surface area (Å²) in [5.74, 6) is -0.253. The van der Waals surface area contributed by atoms with Crippen LogP contribution in [0.1, 0.15) is 21.5 Å². The van der Waals surface area contributed by atoms with Gasteiger partial charge in [-0.1, -0.05) is 18.2 Å². The molecule has 0 radical (unpaired) electrons. The molecule has 0 unspecified atom stereocenters. The molecule has 118 valence electrons. The van der Waals surface area contributed by atoms with Crippen molar-refractivity contribution in [1.29, 1.82) is 10.5 Å². The maximum atomic E-state index is 12.4. The number of amides is 1. The predicted octanol–water partition coefficient (Wildman–Crippen LogP) is 3.37. The molecule has 1 amide bonds. The minimum absolute atomic E-state index is 0.253.